The van der Waals surface area contributed by atoms with E-state index in [1.807, 2.05) is 78.8 Å². The van der Waals surface area contributed by atoms with Gasteiger partial charge in [0, 0.05) is 23.0 Å². The summed E-state index contributed by atoms with van der Waals surface area (Å²) in [5.74, 6) is 0. The van der Waals surface area contributed by atoms with E-state index in [-0.39, 0.29) is 5.56 Å². The van der Waals surface area contributed by atoms with Gasteiger partial charge in [-0.05, 0) is 55.6 Å². The number of rotatable bonds is 5. The first-order valence-electron chi connectivity index (χ1n) is 11.0. The van der Waals surface area contributed by atoms with E-state index < -0.39 is 0 Å². The summed E-state index contributed by atoms with van der Waals surface area (Å²) < 4.78 is 5.15. The number of halogens is 2. The Morgan fingerprint density at radius 1 is 1.00 bits per heavy atom. The molecule has 0 saturated heterocycles. The third kappa shape index (κ3) is 4.53. The predicted molar refractivity (Wildman–Crippen MR) is 151 cm³/mol. The van der Waals surface area contributed by atoms with Crippen molar-refractivity contribution in [2.24, 2.45) is 17.1 Å². The fourth-order valence-corrected chi connectivity index (χ4v) is 5.70. The average molecular weight is 555 g/mol. The molecule has 3 heterocycles. The van der Waals surface area contributed by atoms with E-state index in [2.05, 4.69) is 0 Å². The summed E-state index contributed by atoms with van der Waals surface area (Å²) in [5, 5.41) is 9.94. The monoisotopic (exact) mass is 553 g/mol. The van der Waals surface area contributed by atoms with Crippen molar-refractivity contribution in [3.05, 3.63) is 107 Å². The van der Waals surface area contributed by atoms with Crippen LogP contribution in [0.3, 0.4) is 0 Å². The number of hydrogen-bond donors (Lipinski definition) is 0. The van der Waals surface area contributed by atoms with Crippen LogP contribution >= 0.6 is 45.9 Å². The number of para-hydroxylation sites is 1. The molecule has 0 saturated carbocycles. The minimum absolute atomic E-state index is 0.206. The fourth-order valence-electron chi connectivity index (χ4n) is 3.82. The van der Waals surface area contributed by atoms with E-state index in [1.54, 1.807) is 38.9 Å². The summed E-state index contributed by atoms with van der Waals surface area (Å²) >= 11 is 15.8. The summed E-state index contributed by atoms with van der Waals surface area (Å²) in [6.45, 7) is 3.83. The molecule has 0 unspecified atom stereocenters. The van der Waals surface area contributed by atoms with Crippen molar-refractivity contribution in [3.63, 3.8) is 0 Å². The van der Waals surface area contributed by atoms with Crippen LogP contribution in [0.4, 0.5) is 5.69 Å². The van der Waals surface area contributed by atoms with Crippen molar-refractivity contribution in [2.75, 3.05) is 0 Å². The molecule has 0 aliphatic rings. The van der Waals surface area contributed by atoms with E-state index in [1.165, 1.54) is 11.3 Å². The third-order valence-electron chi connectivity index (χ3n) is 5.75. The Kier molecular flexibility index (Phi) is 6.85. The minimum Gasteiger partial charge on any atom is -0.283 e. The van der Waals surface area contributed by atoms with Gasteiger partial charge in [-0.2, -0.15) is 5.10 Å². The number of thiazole rings is 1. The average Bonchev–Trinajstić information content (AvgIpc) is 3.59. The van der Waals surface area contributed by atoms with Gasteiger partial charge >= 0.3 is 0 Å². The van der Waals surface area contributed by atoms with Crippen molar-refractivity contribution < 1.29 is 0 Å². The second kappa shape index (κ2) is 10.1. The topological polar surface area (TPSA) is 56.6 Å². The lowest BCUT2D eigenvalue weighted by Crippen LogP contribution is -2.20. The molecule has 0 bridgehead atoms. The Morgan fingerprint density at radius 2 is 1.78 bits per heavy atom. The maximum atomic E-state index is 13.5. The van der Waals surface area contributed by atoms with Crippen LogP contribution in [0.1, 0.15) is 17.5 Å². The molecule has 0 aliphatic carbocycles. The van der Waals surface area contributed by atoms with Crippen molar-refractivity contribution in [1.29, 1.82) is 0 Å². The molecule has 10 heteroatoms. The lowest BCUT2D eigenvalue weighted by atomic mass is 10.2. The highest BCUT2D eigenvalue weighted by Crippen LogP contribution is 2.31. The predicted octanol–water partition coefficient (Wildman–Crippen LogP) is 6.89. The first kappa shape index (κ1) is 24.5. The van der Waals surface area contributed by atoms with Crippen LogP contribution in [0.2, 0.25) is 10.0 Å². The zero-order chi connectivity index (χ0) is 25.4. The largest absolute Gasteiger partial charge is 0.297 e. The summed E-state index contributed by atoms with van der Waals surface area (Å²) in [6.07, 6.45) is 0. The molecule has 0 radical (unpaired) electrons. The van der Waals surface area contributed by atoms with E-state index in [9.17, 15) is 4.79 Å². The first-order valence-corrected chi connectivity index (χ1v) is 13.5. The molecule has 0 spiro atoms. The molecule has 6 nitrogen and oxygen atoms in total. The zero-order valence-corrected chi connectivity index (χ0v) is 22.8. The van der Waals surface area contributed by atoms with Gasteiger partial charge in [-0.3, -0.25) is 9.48 Å². The van der Waals surface area contributed by atoms with Gasteiger partial charge in [0.25, 0.3) is 5.56 Å². The molecule has 182 valence electrons. The molecule has 2 aromatic carbocycles. The Hall–Kier alpha value is -3.17. The summed E-state index contributed by atoms with van der Waals surface area (Å²) in [5.41, 5.74) is 3.94. The van der Waals surface area contributed by atoms with Crippen LogP contribution in [0, 0.1) is 6.92 Å². The molecule has 36 heavy (non-hydrogen) atoms. The number of benzene rings is 2. The lowest BCUT2D eigenvalue weighted by molar-refractivity contribution is 0.630. The van der Waals surface area contributed by atoms with Crippen LogP contribution in [-0.4, -0.2) is 19.8 Å². The summed E-state index contributed by atoms with van der Waals surface area (Å²) in [6, 6.07) is 18.8. The van der Waals surface area contributed by atoms with E-state index in [4.69, 9.17) is 33.3 Å². The maximum Gasteiger partial charge on any atom is 0.297 e. The van der Waals surface area contributed by atoms with E-state index >= 15 is 0 Å². The Bertz CT molecular complexity index is 1710. The normalized spacial score (nSPS) is 12.5. The van der Waals surface area contributed by atoms with E-state index in [0.717, 1.165) is 33.2 Å². The van der Waals surface area contributed by atoms with E-state index in [0.29, 0.717) is 20.5 Å². The van der Waals surface area contributed by atoms with Crippen LogP contribution in [0.5, 0.6) is 0 Å². The maximum absolute atomic E-state index is 13.5. The minimum atomic E-state index is -0.206. The van der Waals surface area contributed by atoms with Gasteiger partial charge in [0.05, 0.1) is 32.7 Å². The number of aromatic nitrogens is 3. The molecular formula is C26H21Cl2N5OS2. The first-order chi connectivity index (χ1) is 17.3. The fraction of sp³-hybridized carbons (Fsp3) is 0.115. The Morgan fingerprint density at radius 3 is 2.50 bits per heavy atom. The number of nitrogens with zero attached hydrogens (tertiary/aromatic N) is 5. The van der Waals surface area contributed by atoms with Gasteiger partial charge < -0.3 is 0 Å². The highest BCUT2D eigenvalue weighted by molar-refractivity contribution is 7.12. The summed E-state index contributed by atoms with van der Waals surface area (Å²) in [4.78, 5) is 19.9. The lowest BCUT2D eigenvalue weighted by Gasteiger charge is -2.07. The molecule has 5 rings (SSSR count). The number of thiophene rings is 1. The van der Waals surface area contributed by atoms with Gasteiger partial charge in [0.15, 0.2) is 5.69 Å². The van der Waals surface area contributed by atoms with Crippen molar-refractivity contribution in [2.45, 2.75) is 13.8 Å². The van der Waals surface area contributed by atoms with Gasteiger partial charge in [-0.1, -0.05) is 47.5 Å². The standard InChI is InChI=1S/C26H21Cl2N5OS2/c1-16(23-10-7-13-35-23)30-32-22(20-14-18(27)11-12-21(20)28)15-36-26(32)29-24-17(2)31(3)33(25(24)34)19-8-5-4-6-9-19/h4-15H,1-3H3. The molecule has 0 atom stereocenters. The van der Waals surface area contributed by atoms with Crippen LogP contribution < -0.4 is 10.4 Å². The third-order valence-corrected chi connectivity index (χ3v) is 8.11. The quantitative estimate of drug-likeness (QED) is 0.218. The highest BCUT2D eigenvalue weighted by atomic mass is 35.5. The second-order valence-corrected chi connectivity index (χ2v) is 10.7. The smallest absolute Gasteiger partial charge is 0.283 e. The Labute approximate surface area is 225 Å². The molecular weight excluding hydrogens is 533 g/mol. The van der Waals surface area contributed by atoms with Crippen LogP contribution in [0.15, 0.2) is 86.3 Å². The molecule has 0 N–H and O–H groups in total. The number of hydrogen-bond acceptors (Lipinski definition) is 5. The van der Waals surface area contributed by atoms with Gasteiger partial charge in [-0.15, -0.1) is 22.7 Å². The second-order valence-electron chi connectivity index (χ2n) is 8.02. The molecule has 0 aliphatic heterocycles. The molecule has 3 aromatic heterocycles. The summed E-state index contributed by atoms with van der Waals surface area (Å²) in [7, 11) is 1.85. The van der Waals surface area contributed by atoms with Gasteiger partial charge in [0.2, 0.25) is 4.80 Å². The van der Waals surface area contributed by atoms with Gasteiger partial charge in [0.1, 0.15) is 0 Å². The zero-order valence-electron chi connectivity index (χ0n) is 19.6. The van der Waals surface area contributed by atoms with Gasteiger partial charge in [-0.25, -0.2) is 14.4 Å². The van der Waals surface area contributed by atoms with Crippen molar-refractivity contribution in [1.82, 2.24) is 14.0 Å². The Balaban J connectivity index is 1.76. The SMILES string of the molecule is CC(=Nn1c(-c2cc(Cl)ccc2Cl)csc1=Nc1c(C)n(C)n(-c2ccccc2)c1=O)c1cccs1. The molecule has 0 fully saturated rings. The van der Waals surface area contributed by atoms with Crippen molar-refractivity contribution in [3.8, 4) is 16.9 Å². The van der Waals surface area contributed by atoms with Crippen LogP contribution in [0.25, 0.3) is 16.9 Å². The molecule has 0 amide bonds. The molecule has 5 aromatic rings. The van der Waals surface area contributed by atoms with Crippen LogP contribution in [-0.2, 0) is 7.05 Å². The van der Waals surface area contributed by atoms with Crippen molar-refractivity contribution >= 4 is 57.3 Å². The highest BCUT2D eigenvalue weighted by Gasteiger charge is 2.18.